The van der Waals surface area contributed by atoms with Crippen molar-refractivity contribution in [1.29, 1.82) is 0 Å². The van der Waals surface area contributed by atoms with Crippen molar-refractivity contribution in [3.05, 3.63) is 0 Å². The zero-order valence-corrected chi connectivity index (χ0v) is 9.51. The molecule has 0 heterocycles. The Hall–Kier alpha value is -0.420. The second-order valence-corrected chi connectivity index (χ2v) is 4.35. The van der Waals surface area contributed by atoms with Crippen LogP contribution >= 0.6 is 0 Å². The Morgan fingerprint density at radius 3 is 2.71 bits per heavy atom. The summed E-state index contributed by atoms with van der Waals surface area (Å²) in [4.78, 5) is 10.9. The summed E-state index contributed by atoms with van der Waals surface area (Å²) in [5.74, 6) is 0.118. The van der Waals surface area contributed by atoms with Gasteiger partial charge in [-0.25, -0.2) is 4.21 Å². The van der Waals surface area contributed by atoms with Crippen LogP contribution in [0.5, 0.6) is 0 Å². The minimum Gasteiger partial charge on any atom is -0.466 e. The van der Waals surface area contributed by atoms with Crippen LogP contribution < -0.4 is 0 Å². The monoisotopic (exact) mass is 222 g/mol. The highest BCUT2D eigenvalue weighted by Gasteiger charge is 2.06. The molecule has 0 saturated heterocycles. The minimum atomic E-state index is -1.90. The summed E-state index contributed by atoms with van der Waals surface area (Å²) in [6.45, 7) is 4.59. The van der Waals surface area contributed by atoms with Crippen molar-refractivity contribution in [1.82, 2.24) is 0 Å². The van der Waals surface area contributed by atoms with Gasteiger partial charge in [-0.15, -0.1) is 0 Å². The Bertz CT molecular complexity index is 193. The second kappa shape index (κ2) is 7.94. The first-order chi connectivity index (χ1) is 6.56. The average molecular weight is 222 g/mol. The van der Waals surface area contributed by atoms with Gasteiger partial charge in [-0.3, -0.25) is 4.79 Å². The van der Waals surface area contributed by atoms with Crippen LogP contribution in [0, 0.1) is 5.92 Å². The van der Waals surface area contributed by atoms with E-state index in [1.165, 1.54) is 0 Å². The third-order valence-corrected chi connectivity index (χ3v) is 2.60. The predicted molar refractivity (Wildman–Crippen MR) is 55.3 cm³/mol. The van der Waals surface area contributed by atoms with Crippen LogP contribution in [-0.2, 0) is 20.6 Å². The lowest BCUT2D eigenvalue weighted by molar-refractivity contribution is -0.143. The first-order valence-corrected chi connectivity index (χ1v) is 6.07. The first-order valence-electron chi connectivity index (χ1n) is 4.79. The van der Waals surface area contributed by atoms with Gasteiger partial charge in [-0.2, -0.15) is 0 Å². The smallest absolute Gasteiger partial charge is 0.306 e. The van der Waals surface area contributed by atoms with Gasteiger partial charge in [-0.1, -0.05) is 20.3 Å². The molecule has 0 amide bonds. The van der Waals surface area contributed by atoms with Gasteiger partial charge in [0.15, 0.2) is 11.1 Å². The van der Waals surface area contributed by atoms with Crippen molar-refractivity contribution in [2.75, 3.05) is 12.4 Å². The molecule has 0 rings (SSSR count). The molecule has 4 nitrogen and oxygen atoms in total. The summed E-state index contributed by atoms with van der Waals surface area (Å²) < 4.78 is 23.5. The van der Waals surface area contributed by atoms with E-state index in [0.29, 0.717) is 12.5 Å². The van der Waals surface area contributed by atoms with Crippen molar-refractivity contribution < 1.29 is 18.3 Å². The Labute approximate surface area is 87.3 Å². The van der Waals surface area contributed by atoms with Gasteiger partial charge >= 0.3 is 5.97 Å². The highest BCUT2D eigenvalue weighted by atomic mass is 32.2. The number of rotatable bonds is 7. The number of hydrogen-bond acceptors (Lipinski definition) is 3. The van der Waals surface area contributed by atoms with Crippen molar-refractivity contribution in [2.45, 2.75) is 33.1 Å². The number of carbonyl (C=O) groups is 1. The first kappa shape index (κ1) is 13.6. The highest BCUT2D eigenvalue weighted by Crippen LogP contribution is 2.06. The van der Waals surface area contributed by atoms with Gasteiger partial charge in [0.05, 0.1) is 18.8 Å². The average Bonchev–Trinajstić information content (AvgIpc) is 2.14. The number of hydrogen-bond donors (Lipinski definition) is 1. The molecule has 2 unspecified atom stereocenters. The molecular formula is C9H18O4S. The van der Waals surface area contributed by atoms with Gasteiger partial charge < -0.3 is 9.29 Å². The highest BCUT2D eigenvalue weighted by molar-refractivity contribution is 7.79. The predicted octanol–water partition coefficient (Wildman–Crippen LogP) is 1.58. The van der Waals surface area contributed by atoms with Crippen LogP contribution in [0.4, 0.5) is 0 Å². The lowest BCUT2D eigenvalue weighted by Gasteiger charge is -2.08. The molecule has 1 N–H and O–H groups in total. The molecule has 0 radical (unpaired) electrons. The zero-order valence-electron chi connectivity index (χ0n) is 8.69. The fourth-order valence-corrected chi connectivity index (χ4v) is 1.16. The second-order valence-electron chi connectivity index (χ2n) is 3.30. The van der Waals surface area contributed by atoms with Crippen molar-refractivity contribution in [3.8, 4) is 0 Å². The van der Waals surface area contributed by atoms with Crippen LogP contribution in [0.25, 0.3) is 0 Å². The topological polar surface area (TPSA) is 63.6 Å². The van der Waals surface area contributed by atoms with E-state index in [-0.39, 0.29) is 12.2 Å². The van der Waals surface area contributed by atoms with Crippen LogP contribution in [0.1, 0.15) is 33.1 Å². The van der Waals surface area contributed by atoms with Crippen LogP contribution in [0.15, 0.2) is 0 Å². The third kappa shape index (κ3) is 8.19. The SMILES string of the molecule is CCC(C)CCOC(=O)CCS(=O)O. The molecule has 0 spiro atoms. The van der Waals surface area contributed by atoms with E-state index in [0.717, 1.165) is 12.8 Å². The summed E-state index contributed by atoms with van der Waals surface area (Å²) in [7, 11) is 0. The summed E-state index contributed by atoms with van der Waals surface area (Å²) in [6, 6.07) is 0. The molecule has 14 heavy (non-hydrogen) atoms. The summed E-state index contributed by atoms with van der Waals surface area (Å²) in [5.41, 5.74) is 0. The number of carbonyl (C=O) groups excluding carboxylic acids is 1. The van der Waals surface area contributed by atoms with E-state index in [4.69, 9.17) is 9.29 Å². The fourth-order valence-electron chi connectivity index (χ4n) is 0.821. The van der Waals surface area contributed by atoms with Crippen molar-refractivity contribution in [2.24, 2.45) is 5.92 Å². The molecule has 0 aliphatic carbocycles. The Kier molecular flexibility index (Phi) is 7.70. The maximum absolute atomic E-state index is 10.9. The van der Waals surface area contributed by atoms with Crippen LogP contribution in [0.3, 0.4) is 0 Å². The van der Waals surface area contributed by atoms with E-state index in [1.807, 2.05) is 0 Å². The molecule has 0 bridgehead atoms. The van der Waals surface area contributed by atoms with E-state index in [2.05, 4.69) is 13.8 Å². The molecule has 0 aromatic carbocycles. The van der Waals surface area contributed by atoms with Gasteiger partial charge in [0.25, 0.3) is 0 Å². The normalized spacial score (nSPS) is 14.8. The van der Waals surface area contributed by atoms with E-state index >= 15 is 0 Å². The molecule has 0 aromatic heterocycles. The fraction of sp³-hybridized carbons (Fsp3) is 0.889. The summed E-state index contributed by atoms with van der Waals surface area (Å²) in [6.07, 6.45) is 1.94. The Balaban J connectivity index is 3.40. The maximum atomic E-state index is 10.9. The molecule has 0 aliphatic rings. The third-order valence-electron chi connectivity index (χ3n) is 2.05. The molecule has 0 aromatic rings. The van der Waals surface area contributed by atoms with Gasteiger partial charge in [0.2, 0.25) is 0 Å². The lowest BCUT2D eigenvalue weighted by atomic mass is 10.1. The number of ether oxygens (including phenoxy) is 1. The quantitative estimate of drug-likeness (QED) is 0.524. The Morgan fingerprint density at radius 1 is 1.57 bits per heavy atom. The van der Waals surface area contributed by atoms with Crippen LogP contribution in [-0.4, -0.2) is 27.1 Å². The molecular weight excluding hydrogens is 204 g/mol. The van der Waals surface area contributed by atoms with Gasteiger partial charge in [0.1, 0.15) is 0 Å². The van der Waals surface area contributed by atoms with E-state index < -0.39 is 17.0 Å². The van der Waals surface area contributed by atoms with E-state index in [1.54, 1.807) is 0 Å². The molecule has 0 saturated carbocycles. The largest absolute Gasteiger partial charge is 0.466 e. The maximum Gasteiger partial charge on any atom is 0.306 e. The van der Waals surface area contributed by atoms with Gasteiger partial charge in [0, 0.05) is 0 Å². The standard InChI is InChI=1S/C9H18O4S/c1-3-8(2)4-6-13-9(10)5-7-14(11)12/h8H,3-7H2,1-2H3,(H,11,12). The molecule has 84 valence electrons. The molecule has 5 heteroatoms. The molecule has 2 atom stereocenters. The lowest BCUT2D eigenvalue weighted by Crippen LogP contribution is -2.11. The minimum absolute atomic E-state index is 0.0175. The van der Waals surface area contributed by atoms with Gasteiger partial charge in [-0.05, 0) is 12.3 Å². The molecule has 0 aliphatic heterocycles. The summed E-state index contributed by atoms with van der Waals surface area (Å²) in [5, 5.41) is 0. The number of esters is 1. The van der Waals surface area contributed by atoms with Crippen molar-refractivity contribution in [3.63, 3.8) is 0 Å². The van der Waals surface area contributed by atoms with Crippen LogP contribution in [0.2, 0.25) is 0 Å². The molecule has 0 fully saturated rings. The summed E-state index contributed by atoms with van der Waals surface area (Å²) >= 11 is -1.90. The van der Waals surface area contributed by atoms with E-state index in [9.17, 15) is 9.00 Å². The zero-order chi connectivity index (χ0) is 11.0. The Morgan fingerprint density at radius 2 is 2.21 bits per heavy atom. The van der Waals surface area contributed by atoms with Crippen molar-refractivity contribution >= 4 is 17.0 Å².